The van der Waals surface area contributed by atoms with Gasteiger partial charge in [-0.25, -0.2) is 4.98 Å². The minimum Gasteiger partial charge on any atom is -0.495 e. The van der Waals surface area contributed by atoms with Crippen LogP contribution in [0.2, 0.25) is 0 Å². The van der Waals surface area contributed by atoms with Gasteiger partial charge in [0.2, 0.25) is 5.91 Å². The van der Waals surface area contributed by atoms with Crippen molar-refractivity contribution in [2.24, 2.45) is 5.92 Å². The lowest BCUT2D eigenvalue weighted by Gasteiger charge is -2.35. The number of methoxy groups -OCH3 is 1. The third-order valence-corrected chi connectivity index (χ3v) is 5.49. The highest BCUT2D eigenvalue weighted by atomic mass is 16.5. The number of hydrogen-bond donors (Lipinski definition) is 1. The highest BCUT2D eigenvalue weighted by molar-refractivity contribution is 5.83. The second-order valence-electron chi connectivity index (χ2n) is 7.04. The molecule has 0 spiro atoms. The SMILES string of the molecule is COc1cncc(-c2c(C#N)c(N)nc3c2CN(C(=O)C2CCC2)CC3)c1. The molecule has 3 heterocycles. The summed E-state index contributed by atoms with van der Waals surface area (Å²) >= 11 is 0. The number of hydrogen-bond acceptors (Lipinski definition) is 6. The summed E-state index contributed by atoms with van der Waals surface area (Å²) in [5.41, 5.74) is 9.58. The number of pyridine rings is 2. The maximum atomic E-state index is 12.7. The topological polar surface area (TPSA) is 105 Å². The average Bonchev–Trinajstić information content (AvgIpc) is 2.65. The van der Waals surface area contributed by atoms with Gasteiger partial charge in [0.25, 0.3) is 0 Å². The van der Waals surface area contributed by atoms with Crippen LogP contribution < -0.4 is 10.5 Å². The van der Waals surface area contributed by atoms with Crippen molar-refractivity contribution < 1.29 is 9.53 Å². The molecule has 27 heavy (non-hydrogen) atoms. The highest BCUT2D eigenvalue weighted by Gasteiger charge is 2.33. The van der Waals surface area contributed by atoms with E-state index in [1.165, 1.54) is 0 Å². The number of carbonyl (C=O) groups is 1. The number of rotatable bonds is 3. The summed E-state index contributed by atoms with van der Waals surface area (Å²) in [4.78, 5) is 23.3. The van der Waals surface area contributed by atoms with Gasteiger partial charge in [0, 0.05) is 48.3 Å². The normalized spacial score (nSPS) is 16.2. The van der Waals surface area contributed by atoms with Crippen molar-refractivity contribution >= 4 is 11.7 Å². The summed E-state index contributed by atoms with van der Waals surface area (Å²) < 4.78 is 5.28. The number of nitrogens with zero attached hydrogens (tertiary/aromatic N) is 4. The molecule has 1 fully saturated rings. The van der Waals surface area contributed by atoms with E-state index in [2.05, 4.69) is 16.0 Å². The van der Waals surface area contributed by atoms with Gasteiger partial charge in [-0.05, 0) is 18.9 Å². The van der Waals surface area contributed by atoms with Crippen LogP contribution in [0.3, 0.4) is 0 Å². The number of nitrogen functional groups attached to an aromatic ring is 1. The summed E-state index contributed by atoms with van der Waals surface area (Å²) in [7, 11) is 1.57. The maximum absolute atomic E-state index is 12.7. The maximum Gasteiger partial charge on any atom is 0.225 e. The molecule has 7 nitrogen and oxygen atoms in total. The largest absolute Gasteiger partial charge is 0.495 e. The van der Waals surface area contributed by atoms with Crippen molar-refractivity contribution in [2.75, 3.05) is 19.4 Å². The van der Waals surface area contributed by atoms with E-state index in [1.807, 2.05) is 11.0 Å². The standard InChI is InChI=1S/C20H21N5O2/c1-27-14-7-13(9-23-10-14)18-15(8-21)19(22)24-17-5-6-25(11-16(17)18)20(26)12-3-2-4-12/h7,9-10,12H,2-6,11H2,1H3,(H2,22,24). The summed E-state index contributed by atoms with van der Waals surface area (Å²) in [5, 5.41) is 9.70. The van der Waals surface area contributed by atoms with E-state index in [0.717, 1.165) is 36.1 Å². The summed E-state index contributed by atoms with van der Waals surface area (Å²) in [6.07, 6.45) is 6.99. The average molecular weight is 363 g/mol. The second-order valence-corrected chi connectivity index (χ2v) is 7.04. The Hall–Kier alpha value is -3.14. The predicted molar refractivity (Wildman–Crippen MR) is 99.6 cm³/mol. The first-order chi connectivity index (χ1) is 13.1. The van der Waals surface area contributed by atoms with Crippen LogP contribution in [0.25, 0.3) is 11.1 Å². The van der Waals surface area contributed by atoms with Gasteiger partial charge in [-0.1, -0.05) is 6.42 Å². The molecule has 0 unspecified atom stereocenters. The molecule has 1 aliphatic heterocycles. The summed E-state index contributed by atoms with van der Waals surface area (Å²) in [6.45, 7) is 1.08. The highest BCUT2D eigenvalue weighted by Crippen LogP contribution is 2.37. The molecule has 0 radical (unpaired) electrons. The van der Waals surface area contributed by atoms with E-state index in [4.69, 9.17) is 10.5 Å². The monoisotopic (exact) mass is 363 g/mol. The molecule has 1 amide bonds. The van der Waals surface area contributed by atoms with Crippen LogP contribution in [0.4, 0.5) is 5.82 Å². The molecule has 2 aliphatic rings. The molecule has 2 aromatic heterocycles. The molecule has 2 aromatic rings. The fourth-order valence-corrected chi connectivity index (χ4v) is 3.78. The number of nitriles is 1. The smallest absolute Gasteiger partial charge is 0.225 e. The first kappa shape index (κ1) is 17.3. The minimum atomic E-state index is 0.144. The van der Waals surface area contributed by atoms with Gasteiger partial charge in [0.15, 0.2) is 0 Å². The van der Waals surface area contributed by atoms with E-state index >= 15 is 0 Å². The number of ether oxygens (including phenoxy) is 1. The second kappa shape index (κ2) is 6.88. The van der Waals surface area contributed by atoms with Gasteiger partial charge >= 0.3 is 0 Å². The van der Waals surface area contributed by atoms with Gasteiger partial charge in [0.1, 0.15) is 23.2 Å². The van der Waals surface area contributed by atoms with Crippen LogP contribution in [0, 0.1) is 17.2 Å². The molecule has 0 bridgehead atoms. The van der Waals surface area contributed by atoms with Crippen molar-refractivity contribution in [1.82, 2.24) is 14.9 Å². The first-order valence-corrected chi connectivity index (χ1v) is 9.12. The van der Waals surface area contributed by atoms with Crippen molar-refractivity contribution in [1.29, 1.82) is 5.26 Å². The van der Waals surface area contributed by atoms with Gasteiger partial charge in [-0.2, -0.15) is 5.26 Å². The molecule has 7 heteroatoms. The van der Waals surface area contributed by atoms with Gasteiger partial charge in [0.05, 0.1) is 19.0 Å². The molecule has 1 aliphatic carbocycles. The van der Waals surface area contributed by atoms with Crippen molar-refractivity contribution in [2.45, 2.75) is 32.2 Å². The van der Waals surface area contributed by atoms with Crippen LogP contribution in [-0.2, 0) is 17.8 Å². The van der Waals surface area contributed by atoms with Crippen LogP contribution in [0.5, 0.6) is 5.75 Å². The Morgan fingerprint density at radius 2 is 2.22 bits per heavy atom. The first-order valence-electron chi connectivity index (χ1n) is 9.12. The zero-order valence-corrected chi connectivity index (χ0v) is 15.2. The van der Waals surface area contributed by atoms with Crippen molar-refractivity contribution in [3.63, 3.8) is 0 Å². The lowest BCUT2D eigenvalue weighted by molar-refractivity contribution is -0.139. The summed E-state index contributed by atoms with van der Waals surface area (Å²) in [6, 6.07) is 4.01. The Morgan fingerprint density at radius 3 is 2.89 bits per heavy atom. The molecular weight excluding hydrogens is 342 g/mol. The number of carbonyl (C=O) groups excluding carboxylic acids is 1. The van der Waals surface area contributed by atoms with Gasteiger partial charge in [-0.15, -0.1) is 0 Å². The molecular formula is C20H21N5O2. The molecule has 0 saturated heterocycles. The Bertz CT molecular complexity index is 946. The van der Waals surface area contributed by atoms with Gasteiger partial charge < -0.3 is 15.4 Å². The van der Waals surface area contributed by atoms with E-state index in [9.17, 15) is 10.1 Å². The molecule has 138 valence electrons. The zero-order chi connectivity index (χ0) is 19.0. The molecule has 2 N–H and O–H groups in total. The predicted octanol–water partition coefficient (Wildman–Crippen LogP) is 2.29. The summed E-state index contributed by atoms with van der Waals surface area (Å²) in [5.74, 6) is 1.16. The van der Waals surface area contributed by atoms with E-state index in [1.54, 1.807) is 19.5 Å². The Kier molecular flexibility index (Phi) is 4.40. The lowest BCUT2D eigenvalue weighted by Crippen LogP contribution is -2.42. The fourth-order valence-electron chi connectivity index (χ4n) is 3.78. The van der Waals surface area contributed by atoms with Gasteiger partial charge in [-0.3, -0.25) is 9.78 Å². The third-order valence-electron chi connectivity index (χ3n) is 5.49. The number of amides is 1. The van der Waals surface area contributed by atoms with Crippen LogP contribution in [0.15, 0.2) is 18.5 Å². The van der Waals surface area contributed by atoms with E-state index in [0.29, 0.717) is 36.4 Å². The Balaban J connectivity index is 1.81. The fraction of sp³-hybridized carbons (Fsp3) is 0.400. The Morgan fingerprint density at radius 1 is 1.41 bits per heavy atom. The Labute approximate surface area is 157 Å². The van der Waals surface area contributed by atoms with Crippen LogP contribution in [-0.4, -0.2) is 34.4 Å². The number of nitrogens with two attached hydrogens (primary N) is 1. The van der Waals surface area contributed by atoms with E-state index < -0.39 is 0 Å². The van der Waals surface area contributed by atoms with E-state index in [-0.39, 0.29) is 17.6 Å². The number of fused-ring (bicyclic) bond motifs is 1. The van der Waals surface area contributed by atoms with Crippen molar-refractivity contribution in [3.8, 4) is 22.9 Å². The quantitative estimate of drug-likeness (QED) is 0.897. The number of anilines is 1. The lowest BCUT2D eigenvalue weighted by atomic mass is 9.83. The van der Waals surface area contributed by atoms with Crippen LogP contribution in [0.1, 0.15) is 36.1 Å². The molecule has 1 saturated carbocycles. The molecule has 4 rings (SSSR count). The minimum absolute atomic E-state index is 0.144. The molecule has 0 aromatic carbocycles. The van der Waals surface area contributed by atoms with Crippen molar-refractivity contribution in [3.05, 3.63) is 35.3 Å². The number of aromatic nitrogens is 2. The van der Waals surface area contributed by atoms with Crippen LogP contribution >= 0.6 is 0 Å². The zero-order valence-electron chi connectivity index (χ0n) is 15.2. The molecule has 0 atom stereocenters. The third kappa shape index (κ3) is 2.97.